The summed E-state index contributed by atoms with van der Waals surface area (Å²) in [4.78, 5) is 16.8. The molecule has 156 valence electrons. The number of nitrogens with zero attached hydrogens (tertiary/aromatic N) is 2. The number of nitrogens with one attached hydrogen (secondary N) is 2. The summed E-state index contributed by atoms with van der Waals surface area (Å²) >= 11 is 0. The van der Waals surface area contributed by atoms with Crippen molar-refractivity contribution in [3.05, 3.63) is 53.1 Å². The number of amides is 2. The molecule has 1 heterocycles. The van der Waals surface area contributed by atoms with Gasteiger partial charge < -0.3 is 25.2 Å². The molecule has 2 N–H and O–H groups in total. The first kappa shape index (κ1) is 21.0. The van der Waals surface area contributed by atoms with Crippen LogP contribution < -0.4 is 20.3 Å². The molecule has 1 fully saturated rings. The predicted octanol–water partition coefficient (Wildman–Crippen LogP) is 3.56. The average molecular weight is 397 g/mol. The minimum atomic E-state index is -0.223. The highest BCUT2D eigenvalue weighted by molar-refractivity contribution is 5.89. The Morgan fingerprint density at radius 3 is 2.31 bits per heavy atom. The first-order chi connectivity index (χ1) is 13.9. The first-order valence-corrected chi connectivity index (χ1v) is 10.2. The van der Waals surface area contributed by atoms with Crippen LogP contribution >= 0.6 is 0 Å². The summed E-state index contributed by atoms with van der Waals surface area (Å²) in [5.74, 6) is 0.909. The van der Waals surface area contributed by atoms with Crippen molar-refractivity contribution in [3.8, 4) is 5.75 Å². The van der Waals surface area contributed by atoms with Gasteiger partial charge in [-0.1, -0.05) is 12.1 Å². The van der Waals surface area contributed by atoms with Gasteiger partial charge in [0, 0.05) is 37.6 Å². The zero-order chi connectivity index (χ0) is 20.8. The van der Waals surface area contributed by atoms with Crippen molar-refractivity contribution in [2.45, 2.75) is 20.8 Å². The van der Waals surface area contributed by atoms with Crippen LogP contribution in [0.3, 0.4) is 0 Å². The molecule has 0 unspecified atom stereocenters. The Labute approximate surface area is 173 Å². The van der Waals surface area contributed by atoms with Crippen molar-refractivity contribution in [3.63, 3.8) is 0 Å². The van der Waals surface area contributed by atoms with Crippen LogP contribution in [0.1, 0.15) is 16.7 Å². The molecule has 0 spiro atoms. The van der Waals surface area contributed by atoms with Crippen LogP contribution in [0.4, 0.5) is 16.2 Å². The number of hydrogen-bond donors (Lipinski definition) is 2. The second-order valence-corrected chi connectivity index (χ2v) is 7.72. The van der Waals surface area contributed by atoms with Gasteiger partial charge in [-0.3, -0.25) is 0 Å². The van der Waals surface area contributed by atoms with E-state index in [9.17, 15) is 4.79 Å². The Kier molecular flexibility index (Phi) is 6.99. The molecule has 1 saturated heterocycles. The van der Waals surface area contributed by atoms with E-state index in [2.05, 4.69) is 65.6 Å². The number of ether oxygens (including phenoxy) is 1. The van der Waals surface area contributed by atoms with Crippen molar-refractivity contribution in [2.24, 2.45) is 0 Å². The summed E-state index contributed by atoms with van der Waals surface area (Å²) in [7, 11) is 2.15. The molecule has 0 atom stereocenters. The molecule has 1 aliphatic heterocycles. The number of urea groups is 1. The highest BCUT2D eigenvalue weighted by Crippen LogP contribution is 2.25. The zero-order valence-electron chi connectivity index (χ0n) is 17.9. The van der Waals surface area contributed by atoms with Gasteiger partial charge >= 0.3 is 6.03 Å². The maximum atomic E-state index is 12.1. The van der Waals surface area contributed by atoms with E-state index in [-0.39, 0.29) is 6.03 Å². The predicted molar refractivity (Wildman–Crippen MR) is 119 cm³/mol. The summed E-state index contributed by atoms with van der Waals surface area (Å²) in [5, 5.41) is 5.72. The molecule has 0 radical (unpaired) electrons. The van der Waals surface area contributed by atoms with Gasteiger partial charge in [-0.25, -0.2) is 4.79 Å². The number of hydrogen-bond acceptors (Lipinski definition) is 4. The molecular weight excluding hydrogens is 364 g/mol. The lowest BCUT2D eigenvalue weighted by molar-refractivity contribution is 0.247. The first-order valence-electron chi connectivity index (χ1n) is 10.2. The number of carbonyl (C=O) groups is 1. The number of benzene rings is 2. The average Bonchev–Trinajstić information content (AvgIpc) is 2.71. The monoisotopic (exact) mass is 396 g/mol. The van der Waals surface area contributed by atoms with Gasteiger partial charge in [0.05, 0.1) is 6.54 Å². The number of likely N-dealkylation sites (N-methyl/N-ethyl adjacent to an activating group) is 1. The van der Waals surface area contributed by atoms with E-state index in [0.29, 0.717) is 13.2 Å². The minimum absolute atomic E-state index is 0.223. The van der Waals surface area contributed by atoms with Gasteiger partial charge in [-0.05, 0) is 68.8 Å². The van der Waals surface area contributed by atoms with E-state index in [4.69, 9.17) is 4.74 Å². The van der Waals surface area contributed by atoms with Crippen molar-refractivity contribution in [1.29, 1.82) is 0 Å². The molecule has 6 heteroatoms. The Morgan fingerprint density at radius 1 is 0.966 bits per heavy atom. The molecule has 2 aromatic carbocycles. The minimum Gasteiger partial charge on any atom is -0.491 e. The third-order valence-electron chi connectivity index (χ3n) is 5.50. The Morgan fingerprint density at radius 2 is 1.62 bits per heavy atom. The van der Waals surface area contributed by atoms with Gasteiger partial charge in [0.1, 0.15) is 12.4 Å². The summed E-state index contributed by atoms with van der Waals surface area (Å²) in [6, 6.07) is 12.0. The van der Waals surface area contributed by atoms with Gasteiger partial charge in [-0.2, -0.15) is 0 Å². The standard InChI is InChI=1S/C23H32N4O2/c1-17-5-6-18(2)22(19(17)3)29-16-11-24-23(28)25-20-7-9-21(10-8-20)27-14-12-26(4)13-15-27/h5-10H,11-16H2,1-4H3,(H2,24,25,28). The maximum Gasteiger partial charge on any atom is 0.319 e. The van der Waals surface area contributed by atoms with E-state index >= 15 is 0 Å². The van der Waals surface area contributed by atoms with E-state index in [1.165, 1.54) is 11.3 Å². The van der Waals surface area contributed by atoms with Crippen LogP contribution in [0.15, 0.2) is 36.4 Å². The second kappa shape index (κ2) is 9.65. The lowest BCUT2D eigenvalue weighted by Gasteiger charge is -2.34. The van der Waals surface area contributed by atoms with E-state index in [1.54, 1.807) is 0 Å². The van der Waals surface area contributed by atoms with E-state index < -0.39 is 0 Å². The molecule has 0 aromatic heterocycles. The van der Waals surface area contributed by atoms with Gasteiger partial charge in [-0.15, -0.1) is 0 Å². The quantitative estimate of drug-likeness (QED) is 0.733. The van der Waals surface area contributed by atoms with Crippen LogP contribution in [-0.4, -0.2) is 57.3 Å². The molecule has 0 bridgehead atoms. The lowest BCUT2D eigenvalue weighted by atomic mass is 10.1. The van der Waals surface area contributed by atoms with Crippen LogP contribution in [0, 0.1) is 20.8 Å². The SMILES string of the molecule is Cc1ccc(C)c(OCCNC(=O)Nc2ccc(N3CCN(C)CC3)cc2)c1C. The number of rotatable bonds is 6. The fourth-order valence-corrected chi connectivity index (χ4v) is 3.46. The third kappa shape index (κ3) is 5.64. The zero-order valence-corrected chi connectivity index (χ0v) is 17.9. The molecule has 0 aliphatic carbocycles. The molecule has 0 saturated carbocycles. The Bertz CT molecular complexity index is 828. The van der Waals surface area contributed by atoms with Crippen molar-refractivity contribution in [1.82, 2.24) is 10.2 Å². The fourth-order valence-electron chi connectivity index (χ4n) is 3.46. The largest absolute Gasteiger partial charge is 0.491 e. The molecule has 6 nitrogen and oxygen atoms in total. The van der Waals surface area contributed by atoms with Gasteiger partial charge in [0.25, 0.3) is 0 Å². The lowest BCUT2D eigenvalue weighted by Crippen LogP contribution is -2.44. The topological polar surface area (TPSA) is 56.8 Å². The summed E-state index contributed by atoms with van der Waals surface area (Å²) in [6.07, 6.45) is 0. The molecule has 29 heavy (non-hydrogen) atoms. The number of anilines is 2. The molecular formula is C23H32N4O2. The Hall–Kier alpha value is -2.73. The maximum absolute atomic E-state index is 12.1. The third-order valence-corrected chi connectivity index (χ3v) is 5.50. The summed E-state index contributed by atoms with van der Waals surface area (Å²) < 4.78 is 5.89. The molecule has 3 rings (SSSR count). The van der Waals surface area contributed by atoms with Crippen LogP contribution in [-0.2, 0) is 0 Å². The van der Waals surface area contributed by atoms with Crippen LogP contribution in [0.25, 0.3) is 0 Å². The summed E-state index contributed by atoms with van der Waals surface area (Å²) in [5.41, 5.74) is 5.44. The van der Waals surface area contributed by atoms with Gasteiger partial charge in [0.15, 0.2) is 0 Å². The molecule has 2 aromatic rings. The highest BCUT2D eigenvalue weighted by Gasteiger charge is 2.14. The Balaban J connectivity index is 1.42. The van der Waals surface area contributed by atoms with Crippen LogP contribution in [0.2, 0.25) is 0 Å². The summed E-state index contributed by atoms with van der Waals surface area (Å²) in [6.45, 7) is 11.3. The van der Waals surface area contributed by atoms with Crippen LogP contribution in [0.5, 0.6) is 5.75 Å². The highest BCUT2D eigenvalue weighted by atomic mass is 16.5. The van der Waals surface area contributed by atoms with E-state index in [0.717, 1.165) is 48.7 Å². The number of carbonyl (C=O) groups excluding carboxylic acids is 1. The normalized spacial score (nSPS) is 14.6. The van der Waals surface area contributed by atoms with Gasteiger partial charge in [0.2, 0.25) is 0 Å². The van der Waals surface area contributed by atoms with E-state index in [1.807, 2.05) is 19.1 Å². The fraction of sp³-hybridized carbons (Fsp3) is 0.435. The second-order valence-electron chi connectivity index (χ2n) is 7.72. The molecule has 1 aliphatic rings. The molecule has 2 amide bonds. The smallest absolute Gasteiger partial charge is 0.319 e. The van der Waals surface area contributed by atoms with Crippen molar-refractivity contribution >= 4 is 17.4 Å². The van der Waals surface area contributed by atoms with Crippen molar-refractivity contribution < 1.29 is 9.53 Å². The van der Waals surface area contributed by atoms with Crippen molar-refractivity contribution in [2.75, 3.05) is 56.6 Å². The number of piperazine rings is 1. The number of aryl methyl sites for hydroxylation is 2.